The molecule has 0 atom stereocenters. The van der Waals surface area contributed by atoms with E-state index in [1.54, 1.807) is 26.2 Å². The Morgan fingerprint density at radius 3 is 2.69 bits per heavy atom. The Balaban J connectivity index is 1.58. The Labute approximate surface area is 203 Å². The number of fused-ring (bicyclic) bond motifs is 1. The number of aryl methyl sites for hydroxylation is 1. The number of carbonyl (C=O) groups is 2. The summed E-state index contributed by atoms with van der Waals surface area (Å²) in [5.74, 6) is 0.956. The van der Waals surface area contributed by atoms with Crippen molar-refractivity contribution in [1.29, 1.82) is 0 Å². The molecule has 1 amide bonds. The molecule has 2 aromatic heterocycles. The van der Waals surface area contributed by atoms with E-state index < -0.39 is 5.97 Å². The standard InChI is InChI=1S/C26H29N5O4/c1-16(32)27-9-6-10-30-11-12-31-21(14-17-7-5-8-20(30)23(17)31)25-28-19-13-18(26(33)35-4)15-22(34-3)24(19)29(25)2/h5,7-8,13-15H,6,9-12H2,1-4H3,(H,27,32). The first-order valence-corrected chi connectivity index (χ1v) is 11.7. The molecule has 35 heavy (non-hydrogen) atoms. The number of amides is 1. The molecule has 4 aromatic rings. The number of esters is 1. The molecule has 0 saturated heterocycles. The highest BCUT2D eigenvalue weighted by molar-refractivity contribution is 5.99. The van der Waals surface area contributed by atoms with Gasteiger partial charge in [0, 0.05) is 45.5 Å². The number of aromatic nitrogens is 3. The normalized spacial score (nSPS) is 12.9. The van der Waals surface area contributed by atoms with Crippen LogP contribution in [-0.4, -0.2) is 59.8 Å². The van der Waals surface area contributed by atoms with Gasteiger partial charge in [0.15, 0.2) is 5.82 Å². The number of hydrogen-bond donors (Lipinski definition) is 1. The number of ether oxygens (including phenoxy) is 2. The van der Waals surface area contributed by atoms with E-state index in [2.05, 4.69) is 39.0 Å². The summed E-state index contributed by atoms with van der Waals surface area (Å²) in [5, 5.41) is 4.03. The van der Waals surface area contributed by atoms with Crippen molar-refractivity contribution in [3.8, 4) is 17.3 Å². The van der Waals surface area contributed by atoms with Crippen LogP contribution in [0, 0.1) is 0 Å². The fourth-order valence-electron chi connectivity index (χ4n) is 5.02. The van der Waals surface area contributed by atoms with Crippen LogP contribution < -0.4 is 15.0 Å². The van der Waals surface area contributed by atoms with Gasteiger partial charge in [0.25, 0.3) is 0 Å². The van der Waals surface area contributed by atoms with Gasteiger partial charge in [-0.15, -0.1) is 0 Å². The lowest BCUT2D eigenvalue weighted by Gasteiger charge is -2.31. The van der Waals surface area contributed by atoms with E-state index >= 15 is 0 Å². The topological polar surface area (TPSA) is 90.6 Å². The Kier molecular flexibility index (Phi) is 5.84. The van der Waals surface area contributed by atoms with E-state index in [4.69, 9.17) is 14.5 Å². The lowest BCUT2D eigenvalue weighted by atomic mass is 10.1. The molecular formula is C26H29N5O4. The third-order valence-electron chi connectivity index (χ3n) is 6.62. The summed E-state index contributed by atoms with van der Waals surface area (Å²) in [6.07, 6.45) is 0.886. The molecule has 0 aliphatic carbocycles. The van der Waals surface area contributed by atoms with Gasteiger partial charge in [0.2, 0.25) is 5.91 Å². The molecule has 0 bridgehead atoms. The number of nitrogens with zero attached hydrogens (tertiary/aromatic N) is 4. The lowest BCUT2D eigenvalue weighted by molar-refractivity contribution is -0.118. The van der Waals surface area contributed by atoms with Crippen LogP contribution in [0.1, 0.15) is 23.7 Å². The first-order chi connectivity index (χ1) is 16.9. The average Bonchev–Trinajstić information content (AvgIpc) is 3.40. The minimum absolute atomic E-state index is 0.00190. The molecule has 0 unspecified atom stereocenters. The van der Waals surface area contributed by atoms with Gasteiger partial charge < -0.3 is 28.8 Å². The Morgan fingerprint density at radius 1 is 1.11 bits per heavy atom. The van der Waals surface area contributed by atoms with E-state index in [0.717, 1.165) is 48.5 Å². The van der Waals surface area contributed by atoms with Crippen LogP contribution in [0.15, 0.2) is 36.4 Å². The molecule has 1 aliphatic heterocycles. The molecule has 9 heteroatoms. The molecule has 1 aliphatic rings. The highest BCUT2D eigenvalue weighted by atomic mass is 16.5. The Hall–Kier alpha value is -4.01. The van der Waals surface area contributed by atoms with E-state index in [1.165, 1.54) is 18.3 Å². The molecule has 0 spiro atoms. The van der Waals surface area contributed by atoms with Gasteiger partial charge in [0.1, 0.15) is 11.3 Å². The summed E-state index contributed by atoms with van der Waals surface area (Å²) in [5.41, 5.74) is 5.29. The Bertz CT molecular complexity index is 1450. The minimum atomic E-state index is -0.427. The average molecular weight is 476 g/mol. The van der Waals surface area contributed by atoms with E-state index in [0.29, 0.717) is 23.4 Å². The van der Waals surface area contributed by atoms with Gasteiger partial charge in [0.05, 0.1) is 42.2 Å². The van der Waals surface area contributed by atoms with Crippen LogP contribution in [0.3, 0.4) is 0 Å². The van der Waals surface area contributed by atoms with Gasteiger partial charge in [-0.05, 0) is 30.7 Å². The molecule has 1 N–H and O–H groups in total. The van der Waals surface area contributed by atoms with Crippen LogP contribution in [0.4, 0.5) is 5.69 Å². The maximum absolute atomic E-state index is 12.2. The van der Waals surface area contributed by atoms with Crippen molar-refractivity contribution in [2.45, 2.75) is 19.9 Å². The van der Waals surface area contributed by atoms with Crippen molar-refractivity contribution in [3.05, 3.63) is 42.0 Å². The quantitative estimate of drug-likeness (QED) is 0.326. The molecule has 0 fully saturated rings. The number of anilines is 1. The number of rotatable bonds is 7. The fraction of sp³-hybridized carbons (Fsp3) is 0.346. The summed E-state index contributed by atoms with van der Waals surface area (Å²) in [7, 11) is 4.92. The second kappa shape index (κ2) is 8.98. The van der Waals surface area contributed by atoms with Crippen molar-refractivity contribution >= 4 is 39.5 Å². The van der Waals surface area contributed by atoms with Crippen molar-refractivity contribution < 1.29 is 19.1 Å². The zero-order valence-electron chi connectivity index (χ0n) is 20.4. The van der Waals surface area contributed by atoms with Crippen LogP contribution >= 0.6 is 0 Å². The highest BCUT2D eigenvalue weighted by Gasteiger charge is 2.25. The smallest absolute Gasteiger partial charge is 0.338 e. The highest BCUT2D eigenvalue weighted by Crippen LogP contribution is 2.38. The largest absolute Gasteiger partial charge is 0.494 e. The number of nitrogens with one attached hydrogen (secondary N) is 1. The van der Waals surface area contributed by atoms with Gasteiger partial charge in [-0.2, -0.15) is 0 Å². The third-order valence-corrected chi connectivity index (χ3v) is 6.62. The van der Waals surface area contributed by atoms with Gasteiger partial charge in [-0.25, -0.2) is 9.78 Å². The lowest BCUT2D eigenvalue weighted by Crippen LogP contribution is -2.34. The fourth-order valence-corrected chi connectivity index (χ4v) is 5.02. The summed E-state index contributed by atoms with van der Waals surface area (Å²) in [6.45, 7) is 4.78. The van der Waals surface area contributed by atoms with E-state index in [-0.39, 0.29) is 5.91 Å². The number of benzene rings is 2. The molecular weight excluding hydrogens is 446 g/mol. The Morgan fingerprint density at radius 2 is 1.94 bits per heavy atom. The van der Waals surface area contributed by atoms with Gasteiger partial charge in [-0.1, -0.05) is 12.1 Å². The maximum atomic E-state index is 12.2. The third kappa shape index (κ3) is 3.86. The SMILES string of the molecule is COC(=O)c1cc(OC)c2c(c1)nc(-c1cc3cccc4c3n1CCN4CCCNC(C)=O)n2C. The predicted molar refractivity (Wildman–Crippen MR) is 135 cm³/mol. The first kappa shape index (κ1) is 22.8. The molecule has 5 rings (SSSR count). The van der Waals surface area contributed by atoms with Crippen LogP contribution in [-0.2, 0) is 23.1 Å². The molecule has 0 radical (unpaired) electrons. The van der Waals surface area contributed by atoms with Crippen molar-refractivity contribution in [2.75, 3.05) is 38.8 Å². The number of hydrogen-bond acceptors (Lipinski definition) is 6. The zero-order valence-corrected chi connectivity index (χ0v) is 20.4. The molecule has 0 saturated carbocycles. The van der Waals surface area contributed by atoms with E-state index in [1.807, 2.05) is 11.6 Å². The predicted octanol–water partition coefficient (Wildman–Crippen LogP) is 3.34. The van der Waals surface area contributed by atoms with Crippen molar-refractivity contribution in [2.24, 2.45) is 7.05 Å². The zero-order chi connectivity index (χ0) is 24.7. The molecule has 182 valence electrons. The summed E-state index contributed by atoms with van der Waals surface area (Å²) < 4.78 is 14.9. The number of imidazole rings is 1. The summed E-state index contributed by atoms with van der Waals surface area (Å²) in [6, 6.07) is 12.0. The van der Waals surface area contributed by atoms with Crippen molar-refractivity contribution in [1.82, 2.24) is 19.4 Å². The van der Waals surface area contributed by atoms with Crippen molar-refractivity contribution in [3.63, 3.8) is 0 Å². The second-order valence-electron chi connectivity index (χ2n) is 8.75. The molecule has 9 nitrogen and oxygen atoms in total. The van der Waals surface area contributed by atoms with Gasteiger partial charge >= 0.3 is 5.97 Å². The summed E-state index contributed by atoms with van der Waals surface area (Å²) in [4.78, 5) is 30.7. The minimum Gasteiger partial charge on any atom is -0.494 e. The van der Waals surface area contributed by atoms with E-state index in [9.17, 15) is 9.59 Å². The number of para-hydroxylation sites is 1. The monoisotopic (exact) mass is 475 g/mol. The summed E-state index contributed by atoms with van der Waals surface area (Å²) >= 11 is 0. The number of methoxy groups -OCH3 is 2. The van der Waals surface area contributed by atoms with Crippen LogP contribution in [0.25, 0.3) is 33.5 Å². The second-order valence-corrected chi connectivity index (χ2v) is 8.75. The molecule has 3 heterocycles. The van der Waals surface area contributed by atoms with Crippen LogP contribution in [0.5, 0.6) is 5.75 Å². The number of carbonyl (C=O) groups excluding carboxylic acids is 2. The molecule has 2 aromatic carbocycles. The van der Waals surface area contributed by atoms with Gasteiger partial charge in [-0.3, -0.25) is 4.79 Å². The maximum Gasteiger partial charge on any atom is 0.338 e. The van der Waals surface area contributed by atoms with Crippen LogP contribution in [0.2, 0.25) is 0 Å². The first-order valence-electron chi connectivity index (χ1n) is 11.7.